The zero-order chi connectivity index (χ0) is 9.19. The maximum Gasteiger partial charge on any atom is 0.155 e. The number of hydrogen-bond acceptors (Lipinski definition) is 2. The van der Waals surface area contributed by atoms with Crippen molar-refractivity contribution in [2.24, 2.45) is 5.92 Å². The molecule has 0 saturated carbocycles. The Hall–Kier alpha value is -0.630. The summed E-state index contributed by atoms with van der Waals surface area (Å²) < 4.78 is 5.39. The molecule has 0 aliphatic heterocycles. The predicted octanol–water partition coefficient (Wildman–Crippen LogP) is 1.95. The lowest BCUT2D eigenvalue weighted by molar-refractivity contribution is -0.119. The second-order valence-electron chi connectivity index (χ2n) is 3.50. The molecule has 2 nitrogen and oxygen atoms in total. The molecule has 68 valence electrons. The summed E-state index contributed by atoms with van der Waals surface area (Å²) in [5, 5.41) is 0. The number of allylic oxidation sites excluding steroid dienone is 1. The highest BCUT2D eigenvalue weighted by molar-refractivity contribution is 5.91. The number of rotatable bonds is 2. The molecule has 0 N–H and O–H groups in total. The molecule has 0 saturated heterocycles. The summed E-state index contributed by atoms with van der Waals surface area (Å²) in [5.74, 6) is 0.552. The van der Waals surface area contributed by atoms with E-state index in [1.54, 1.807) is 13.2 Å². The highest BCUT2D eigenvalue weighted by atomic mass is 16.5. The molecule has 2 heteroatoms. The topological polar surface area (TPSA) is 26.3 Å². The number of methoxy groups -OCH3 is 1. The summed E-state index contributed by atoms with van der Waals surface area (Å²) in [6.45, 7) is 4.12. The Morgan fingerprint density at radius 2 is 2.42 bits per heavy atom. The van der Waals surface area contributed by atoms with Gasteiger partial charge < -0.3 is 4.74 Å². The smallest absolute Gasteiger partial charge is 0.155 e. The first-order valence-electron chi connectivity index (χ1n) is 4.39. The third-order valence-corrected chi connectivity index (χ3v) is 2.79. The normalized spacial score (nSPS) is 35.6. The van der Waals surface area contributed by atoms with Crippen molar-refractivity contribution >= 4 is 5.78 Å². The lowest BCUT2D eigenvalue weighted by atomic mass is 9.79. The summed E-state index contributed by atoms with van der Waals surface area (Å²) in [6, 6.07) is 0. The Morgan fingerprint density at radius 3 is 2.92 bits per heavy atom. The number of hydrogen-bond donors (Lipinski definition) is 0. The average molecular weight is 168 g/mol. The van der Waals surface area contributed by atoms with Crippen LogP contribution >= 0.6 is 0 Å². The summed E-state index contributed by atoms with van der Waals surface area (Å²) in [7, 11) is 1.70. The van der Waals surface area contributed by atoms with E-state index in [9.17, 15) is 4.79 Å². The minimum atomic E-state index is -0.233. The van der Waals surface area contributed by atoms with E-state index in [4.69, 9.17) is 4.74 Å². The molecule has 0 amide bonds. The number of ether oxygens (including phenoxy) is 1. The molecular weight excluding hydrogens is 152 g/mol. The number of carbonyl (C=O) groups is 1. The van der Waals surface area contributed by atoms with Gasteiger partial charge in [-0.1, -0.05) is 6.92 Å². The van der Waals surface area contributed by atoms with Crippen molar-refractivity contribution in [3.8, 4) is 0 Å². The summed E-state index contributed by atoms with van der Waals surface area (Å²) in [6.07, 6.45) is 5.13. The molecule has 12 heavy (non-hydrogen) atoms. The molecule has 0 radical (unpaired) electrons. The predicted molar refractivity (Wildman–Crippen MR) is 48.0 cm³/mol. The van der Waals surface area contributed by atoms with E-state index in [1.165, 1.54) is 0 Å². The lowest BCUT2D eigenvalue weighted by Gasteiger charge is -2.35. The maximum absolute atomic E-state index is 11.1. The van der Waals surface area contributed by atoms with Crippen molar-refractivity contribution in [1.29, 1.82) is 0 Å². The molecule has 0 unspecified atom stereocenters. The summed E-state index contributed by atoms with van der Waals surface area (Å²) in [5.41, 5.74) is -0.233. The van der Waals surface area contributed by atoms with Gasteiger partial charge in [0.1, 0.15) is 0 Å². The second-order valence-corrected chi connectivity index (χ2v) is 3.50. The number of ketones is 1. The first kappa shape index (κ1) is 9.46. The van der Waals surface area contributed by atoms with E-state index in [0.29, 0.717) is 12.3 Å². The zero-order valence-electron chi connectivity index (χ0n) is 7.96. The van der Waals surface area contributed by atoms with Gasteiger partial charge in [-0.15, -0.1) is 0 Å². The quantitative estimate of drug-likeness (QED) is 0.630. The molecule has 0 spiro atoms. The van der Waals surface area contributed by atoms with Crippen molar-refractivity contribution in [2.45, 2.75) is 32.3 Å². The van der Waals surface area contributed by atoms with E-state index in [-0.39, 0.29) is 11.4 Å². The standard InChI is InChI=1S/C10H16O2/c1-4-8-7-9(11)5-6-10(8,2)12-3/h5-6,8H,4,7H2,1-3H3/t8-,10-/m1/s1. The Bertz CT molecular complexity index is 208. The molecule has 2 atom stereocenters. The van der Waals surface area contributed by atoms with Crippen LogP contribution in [0.25, 0.3) is 0 Å². The fourth-order valence-corrected chi connectivity index (χ4v) is 1.69. The van der Waals surface area contributed by atoms with Crippen LogP contribution in [0.4, 0.5) is 0 Å². The molecule has 0 aromatic carbocycles. The molecule has 0 aromatic rings. The van der Waals surface area contributed by atoms with E-state index < -0.39 is 0 Å². The summed E-state index contributed by atoms with van der Waals surface area (Å²) >= 11 is 0. The van der Waals surface area contributed by atoms with Gasteiger partial charge in [0.15, 0.2) is 5.78 Å². The van der Waals surface area contributed by atoms with Crippen molar-refractivity contribution in [2.75, 3.05) is 7.11 Å². The zero-order valence-corrected chi connectivity index (χ0v) is 7.96. The minimum absolute atomic E-state index is 0.219. The third kappa shape index (κ3) is 1.58. The fourth-order valence-electron chi connectivity index (χ4n) is 1.69. The van der Waals surface area contributed by atoms with E-state index in [0.717, 1.165) is 6.42 Å². The van der Waals surface area contributed by atoms with Crippen LogP contribution in [-0.2, 0) is 9.53 Å². The highest BCUT2D eigenvalue weighted by Crippen LogP contribution is 2.32. The second kappa shape index (κ2) is 3.40. The molecular formula is C10H16O2. The van der Waals surface area contributed by atoms with Crippen LogP contribution in [-0.4, -0.2) is 18.5 Å². The Kier molecular flexibility index (Phi) is 2.68. The van der Waals surface area contributed by atoms with Crippen LogP contribution < -0.4 is 0 Å². The monoisotopic (exact) mass is 168 g/mol. The Labute approximate surface area is 73.6 Å². The molecule has 0 fully saturated rings. The lowest BCUT2D eigenvalue weighted by Crippen LogP contribution is -2.38. The van der Waals surface area contributed by atoms with Crippen molar-refractivity contribution in [3.05, 3.63) is 12.2 Å². The van der Waals surface area contributed by atoms with Gasteiger partial charge in [-0.2, -0.15) is 0 Å². The van der Waals surface area contributed by atoms with Gasteiger partial charge in [0.25, 0.3) is 0 Å². The van der Waals surface area contributed by atoms with Crippen LogP contribution in [0.1, 0.15) is 26.7 Å². The van der Waals surface area contributed by atoms with E-state index in [1.807, 2.05) is 13.0 Å². The summed E-state index contributed by atoms with van der Waals surface area (Å²) in [4.78, 5) is 11.1. The third-order valence-electron chi connectivity index (χ3n) is 2.79. The van der Waals surface area contributed by atoms with Gasteiger partial charge in [-0.25, -0.2) is 0 Å². The van der Waals surface area contributed by atoms with Crippen LogP contribution in [0.5, 0.6) is 0 Å². The SMILES string of the molecule is CC[C@@H]1CC(=O)C=C[C@@]1(C)OC. The van der Waals surface area contributed by atoms with Gasteiger partial charge in [0.05, 0.1) is 5.60 Å². The maximum atomic E-state index is 11.1. The largest absolute Gasteiger partial charge is 0.374 e. The first-order chi connectivity index (χ1) is 5.62. The van der Waals surface area contributed by atoms with Crippen LogP contribution in [0.2, 0.25) is 0 Å². The van der Waals surface area contributed by atoms with Gasteiger partial charge in [-0.3, -0.25) is 4.79 Å². The average Bonchev–Trinajstić information content (AvgIpc) is 2.09. The van der Waals surface area contributed by atoms with Crippen molar-refractivity contribution in [1.82, 2.24) is 0 Å². The van der Waals surface area contributed by atoms with Crippen LogP contribution in [0, 0.1) is 5.92 Å². The van der Waals surface area contributed by atoms with Gasteiger partial charge in [-0.05, 0) is 31.4 Å². The van der Waals surface area contributed by atoms with Gasteiger partial charge in [0, 0.05) is 13.5 Å². The van der Waals surface area contributed by atoms with Gasteiger partial charge >= 0.3 is 0 Å². The van der Waals surface area contributed by atoms with Crippen LogP contribution in [0.3, 0.4) is 0 Å². The minimum Gasteiger partial charge on any atom is -0.374 e. The molecule has 1 rings (SSSR count). The van der Waals surface area contributed by atoms with Crippen molar-refractivity contribution < 1.29 is 9.53 Å². The highest BCUT2D eigenvalue weighted by Gasteiger charge is 2.34. The van der Waals surface area contributed by atoms with Crippen molar-refractivity contribution in [3.63, 3.8) is 0 Å². The van der Waals surface area contributed by atoms with Crippen LogP contribution in [0.15, 0.2) is 12.2 Å². The Balaban J connectivity index is 2.84. The van der Waals surface area contributed by atoms with E-state index in [2.05, 4.69) is 6.92 Å². The molecule has 1 aliphatic carbocycles. The molecule has 0 bridgehead atoms. The molecule has 1 aliphatic rings. The fraction of sp³-hybridized carbons (Fsp3) is 0.700. The first-order valence-corrected chi connectivity index (χ1v) is 4.39. The Morgan fingerprint density at radius 1 is 1.75 bits per heavy atom. The molecule has 0 aromatic heterocycles. The van der Waals surface area contributed by atoms with Gasteiger partial charge in [0.2, 0.25) is 0 Å². The molecule has 0 heterocycles. The van der Waals surface area contributed by atoms with E-state index >= 15 is 0 Å². The number of carbonyl (C=O) groups excluding carboxylic acids is 1.